The van der Waals surface area contributed by atoms with Crippen LogP contribution >= 0.6 is 0 Å². The number of carbonyl (C=O) groups is 2. The third-order valence-electron chi connectivity index (χ3n) is 4.98. The average molecular weight is 447 g/mol. The van der Waals surface area contributed by atoms with Gasteiger partial charge in [-0.05, 0) is 62.6 Å². The molecule has 0 spiro atoms. The minimum absolute atomic E-state index is 0.0739. The monoisotopic (exact) mass is 446 g/mol. The molecule has 0 atom stereocenters. The highest BCUT2D eigenvalue weighted by Crippen LogP contribution is 2.26. The number of methoxy groups -OCH3 is 1. The highest BCUT2D eigenvalue weighted by Gasteiger charge is 2.24. The normalized spacial score (nSPS) is 14.1. The number of hydrogen-bond donors (Lipinski definition) is 1. The number of benzene rings is 2. The van der Waals surface area contributed by atoms with Crippen LogP contribution in [0.5, 0.6) is 5.75 Å². The van der Waals surface area contributed by atoms with Gasteiger partial charge in [0.1, 0.15) is 5.75 Å². The Morgan fingerprint density at radius 3 is 2.48 bits per heavy atom. The molecule has 0 aliphatic carbocycles. The molecule has 1 heterocycles. The fraction of sp³-hybridized carbons (Fsp3) is 0.364. The van der Waals surface area contributed by atoms with E-state index < -0.39 is 16.0 Å². The molecule has 2 aromatic carbocycles. The maximum atomic E-state index is 13.0. The average Bonchev–Trinajstić information content (AvgIpc) is 2.78. The number of amides is 1. The molecule has 166 valence electrons. The summed E-state index contributed by atoms with van der Waals surface area (Å²) in [6, 6.07) is 10.2. The van der Waals surface area contributed by atoms with Crippen LogP contribution in [0.3, 0.4) is 0 Å². The molecule has 1 aliphatic rings. The largest absolute Gasteiger partial charge is 0.496 e. The van der Waals surface area contributed by atoms with Gasteiger partial charge >= 0.3 is 5.97 Å². The van der Waals surface area contributed by atoms with Gasteiger partial charge in [0.2, 0.25) is 0 Å². The second-order valence-corrected chi connectivity index (χ2v) is 8.80. The molecule has 1 saturated heterocycles. The van der Waals surface area contributed by atoms with Gasteiger partial charge in [0.15, 0.2) is 0 Å². The SMILES string of the molecule is CCOC(=O)c1cccc(NS(=O)(=O)c2ccc(OC)c(C(=O)N3CCCCC3)c2)c1. The van der Waals surface area contributed by atoms with Gasteiger partial charge in [0.05, 0.1) is 29.7 Å². The Kier molecular flexibility index (Phi) is 7.17. The van der Waals surface area contributed by atoms with Crippen LogP contribution < -0.4 is 9.46 Å². The lowest BCUT2D eigenvalue weighted by Crippen LogP contribution is -2.35. The van der Waals surface area contributed by atoms with Gasteiger partial charge in [0.25, 0.3) is 15.9 Å². The Bertz CT molecular complexity index is 1060. The number of piperidine rings is 1. The predicted octanol–water partition coefficient (Wildman–Crippen LogP) is 3.30. The Morgan fingerprint density at radius 1 is 1.06 bits per heavy atom. The number of likely N-dealkylation sites (tertiary alicyclic amines) is 1. The van der Waals surface area contributed by atoms with Crippen LogP contribution in [-0.4, -0.2) is 52.0 Å². The van der Waals surface area contributed by atoms with E-state index in [1.54, 1.807) is 24.0 Å². The minimum atomic E-state index is -4.01. The lowest BCUT2D eigenvalue weighted by atomic mass is 10.1. The van der Waals surface area contributed by atoms with Crippen molar-refractivity contribution in [3.05, 3.63) is 53.6 Å². The predicted molar refractivity (Wildman–Crippen MR) is 116 cm³/mol. The standard InChI is InChI=1S/C22H26N2O6S/c1-3-30-22(26)16-8-7-9-17(14-16)23-31(27,28)18-10-11-20(29-2)19(15-18)21(25)24-12-5-4-6-13-24/h7-11,14-15,23H,3-6,12-13H2,1-2H3. The van der Waals surface area contributed by atoms with Gasteiger partial charge in [-0.25, -0.2) is 13.2 Å². The summed E-state index contributed by atoms with van der Waals surface area (Å²) in [4.78, 5) is 26.5. The van der Waals surface area contributed by atoms with Crippen LogP contribution in [0.2, 0.25) is 0 Å². The number of ether oxygens (including phenoxy) is 2. The smallest absolute Gasteiger partial charge is 0.338 e. The molecular weight excluding hydrogens is 420 g/mol. The van der Waals surface area contributed by atoms with Crippen molar-refractivity contribution in [2.45, 2.75) is 31.1 Å². The van der Waals surface area contributed by atoms with Crippen LogP contribution in [-0.2, 0) is 14.8 Å². The summed E-state index contributed by atoms with van der Waals surface area (Å²) in [6.07, 6.45) is 2.92. The molecule has 1 fully saturated rings. The first-order valence-corrected chi connectivity index (χ1v) is 11.6. The zero-order chi connectivity index (χ0) is 22.4. The quantitative estimate of drug-likeness (QED) is 0.655. The number of nitrogens with one attached hydrogen (secondary N) is 1. The van der Waals surface area contributed by atoms with E-state index in [9.17, 15) is 18.0 Å². The van der Waals surface area contributed by atoms with Crippen molar-refractivity contribution in [3.8, 4) is 5.75 Å². The van der Waals surface area contributed by atoms with Crippen molar-refractivity contribution >= 4 is 27.6 Å². The van der Waals surface area contributed by atoms with Crippen molar-refractivity contribution in [1.82, 2.24) is 4.90 Å². The summed E-state index contributed by atoms with van der Waals surface area (Å²) in [5.41, 5.74) is 0.649. The maximum absolute atomic E-state index is 13.0. The maximum Gasteiger partial charge on any atom is 0.338 e. The zero-order valence-electron chi connectivity index (χ0n) is 17.6. The molecule has 8 nitrogen and oxygen atoms in total. The highest BCUT2D eigenvalue weighted by atomic mass is 32.2. The fourth-order valence-electron chi connectivity index (χ4n) is 3.43. The van der Waals surface area contributed by atoms with Crippen LogP contribution in [0.4, 0.5) is 5.69 Å². The Hall–Kier alpha value is -3.07. The molecule has 0 saturated carbocycles. The number of carbonyl (C=O) groups excluding carboxylic acids is 2. The van der Waals surface area contributed by atoms with E-state index in [2.05, 4.69) is 4.72 Å². The molecule has 9 heteroatoms. The summed E-state index contributed by atoms with van der Waals surface area (Å²) in [5.74, 6) is -0.473. The van der Waals surface area contributed by atoms with E-state index in [1.165, 1.54) is 37.4 Å². The van der Waals surface area contributed by atoms with Crippen molar-refractivity contribution in [3.63, 3.8) is 0 Å². The van der Waals surface area contributed by atoms with Gasteiger partial charge < -0.3 is 14.4 Å². The van der Waals surface area contributed by atoms with Gasteiger partial charge in [-0.2, -0.15) is 0 Å². The first-order chi connectivity index (χ1) is 14.9. The van der Waals surface area contributed by atoms with Crippen molar-refractivity contribution in [1.29, 1.82) is 0 Å². The molecule has 1 aliphatic heterocycles. The molecule has 3 rings (SSSR count). The molecule has 1 N–H and O–H groups in total. The molecular formula is C22H26N2O6S. The number of rotatable bonds is 7. The molecule has 31 heavy (non-hydrogen) atoms. The molecule has 0 aromatic heterocycles. The fourth-order valence-corrected chi connectivity index (χ4v) is 4.50. The number of nitrogens with zero attached hydrogens (tertiary/aromatic N) is 1. The first kappa shape index (κ1) is 22.6. The molecule has 2 aromatic rings. The van der Waals surface area contributed by atoms with Gasteiger partial charge in [-0.3, -0.25) is 9.52 Å². The molecule has 0 radical (unpaired) electrons. The number of hydrogen-bond acceptors (Lipinski definition) is 6. The molecule has 0 unspecified atom stereocenters. The van der Waals surface area contributed by atoms with Crippen molar-refractivity contribution in [2.24, 2.45) is 0 Å². The summed E-state index contributed by atoms with van der Waals surface area (Å²) in [5, 5.41) is 0. The van der Waals surface area contributed by atoms with Crippen molar-refractivity contribution < 1.29 is 27.5 Å². The molecule has 1 amide bonds. The third-order valence-corrected chi connectivity index (χ3v) is 6.36. The summed E-state index contributed by atoms with van der Waals surface area (Å²) >= 11 is 0. The first-order valence-electron chi connectivity index (χ1n) is 10.1. The topological polar surface area (TPSA) is 102 Å². The van der Waals surface area contributed by atoms with Gasteiger partial charge in [-0.15, -0.1) is 0 Å². The highest BCUT2D eigenvalue weighted by molar-refractivity contribution is 7.92. The van der Waals surface area contributed by atoms with Crippen LogP contribution in [0.15, 0.2) is 47.4 Å². The lowest BCUT2D eigenvalue weighted by molar-refractivity contribution is 0.0526. The zero-order valence-corrected chi connectivity index (χ0v) is 18.4. The van der Waals surface area contributed by atoms with E-state index in [1.807, 2.05) is 0 Å². The van der Waals surface area contributed by atoms with Crippen molar-refractivity contribution in [2.75, 3.05) is 31.5 Å². The Morgan fingerprint density at radius 2 is 1.81 bits per heavy atom. The number of esters is 1. The second-order valence-electron chi connectivity index (χ2n) is 7.12. The third kappa shape index (κ3) is 5.35. The minimum Gasteiger partial charge on any atom is -0.496 e. The summed E-state index contributed by atoms with van der Waals surface area (Å²) in [7, 11) is -2.57. The summed E-state index contributed by atoms with van der Waals surface area (Å²) < 4.78 is 38.6. The van der Waals surface area contributed by atoms with E-state index in [4.69, 9.17) is 9.47 Å². The van der Waals surface area contributed by atoms with Crippen LogP contribution in [0, 0.1) is 0 Å². The van der Waals surface area contributed by atoms with Gasteiger partial charge in [0, 0.05) is 18.8 Å². The van der Waals surface area contributed by atoms with Crippen LogP contribution in [0.25, 0.3) is 0 Å². The Balaban J connectivity index is 1.88. The lowest BCUT2D eigenvalue weighted by Gasteiger charge is -2.27. The number of sulfonamides is 1. The van der Waals surface area contributed by atoms with E-state index in [-0.39, 0.29) is 34.2 Å². The van der Waals surface area contributed by atoms with E-state index >= 15 is 0 Å². The Labute approximate surface area is 182 Å². The van der Waals surface area contributed by atoms with Crippen LogP contribution in [0.1, 0.15) is 46.9 Å². The van der Waals surface area contributed by atoms with Gasteiger partial charge in [-0.1, -0.05) is 6.07 Å². The molecule has 0 bridgehead atoms. The summed E-state index contributed by atoms with van der Waals surface area (Å²) in [6.45, 7) is 3.18. The second kappa shape index (κ2) is 9.82. The van der Waals surface area contributed by atoms with E-state index in [0.717, 1.165) is 19.3 Å². The number of anilines is 1. The van der Waals surface area contributed by atoms with E-state index in [0.29, 0.717) is 18.8 Å².